The van der Waals surface area contributed by atoms with Crippen LogP contribution in [-0.4, -0.2) is 53.3 Å². The Hall–Kier alpha value is -1.29. The molecule has 1 saturated heterocycles. The number of nitrogens with zero attached hydrogens (tertiary/aromatic N) is 3. The average molecular weight is 257 g/mol. The second-order valence-electron chi connectivity index (χ2n) is 3.74. The normalized spacial score (nSPS) is 32.9. The standard InChI is InChI=1S/C8H13N4O4Si/c9-7-10-2-12(8(15)11-7)6-5(14)4(13)3(1-17)16-6/h2-6,13-14H,1,17H2,(H2,9,11,15)/t3-,4-,5-,6-/m1/s1. The van der Waals surface area contributed by atoms with Gasteiger partial charge in [-0.2, -0.15) is 4.98 Å². The van der Waals surface area contributed by atoms with E-state index in [1.54, 1.807) is 10.2 Å². The van der Waals surface area contributed by atoms with Crippen LogP contribution in [0, 0.1) is 0 Å². The Balaban J connectivity index is 2.32. The van der Waals surface area contributed by atoms with Crippen LogP contribution in [0.15, 0.2) is 11.1 Å². The van der Waals surface area contributed by atoms with Gasteiger partial charge in [-0.05, 0) is 6.04 Å². The number of aromatic nitrogens is 3. The summed E-state index contributed by atoms with van der Waals surface area (Å²) in [6.45, 7) is 0. The Kier molecular flexibility index (Phi) is 3.24. The summed E-state index contributed by atoms with van der Waals surface area (Å²) in [6, 6.07) is 0.555. The van der Waals surface area contributed by atoms with Gasteiger partial charge in [-0.1, -0.05) is 0 Å². The van der Waals surface area contributed by atoms with Crippen LogP contribution in [0.5, 0.6) is 0 Å². The number of nitrogen functional groups attached to an aromatic ring is 1. The molecule has 8 nitrogen and oxygen atoms in total. The van der Waals surface area contributed by atoms with Crippen molar-refractivity contribution < 1.29 is 14.9 Å². The molecule has 0 aromatic carbocycles. The summed E-state index contributed by atoms with van der Waals surface area (Å²) in [7, 11) is 1.61. The molecule has 1 radical (unpaired) electrons. The molecule has 4 N–H and O–H groups in total. The van der Waals surface area contributed by atoms with E-state index >= 15 is 0 Å². The van der Waals surface area contributed by atoms with E-state index < -0.39 is 30.2 Å². The maximum Gasteiger partial charge on any atom is 0.354 e. The van der Waals surface area contributed by atoms with Gasteiger partial charge in [0.05, 0.1) is 6.10 Å². The molecule has 1 aliphatic rings. The van der Waals surface area contributed by atoms with Crippen LogP contribution in [0.3, 0.4) is 0 Å². The summed E-state index contributed by atoms with van der Waals surface area (Å²) in [5.41, 5.74) is 4.58. The molecule has 9 heteroatoms. The van der Waals surface area contributed by atoms with E-state index in [4.69, 9.17) is 10.5 Å². The van der Waals surface area contributed by atoms with Crippen molar-refractivity contribution in [3.63, 3.8) is 0 Å². The van der Waals surface area contributed by atoms with Crippen LogP contribution in [0.1, 0.15) is 6.23 Å². The van der Waals surface area contributed by atoms with Crippen molar-refractivity contribution in [1.29, 1.82) is 0 Å². The molecule has 1 aliphatic heterocycles. The van der Waals surface area contributed by atoms with Gasteiger partial charge in [0.15, 0.2) is 6.23 Å². The van der Waals surface area contributed by atoms with Crippen molar-refractivity contribution in [1.82, 2.24) is 14.5 Å². The molecule has 0 saturated carbocycles. The molecule has 2 rings (SSSR count). The van der Waals surface area contributed by atoms with E-state index in [2.05, 4.69) is 9.97 Å². The Bertz CT molecular complexity index is 467. The fraction of sp³-hybridized carbons (Fsp3) is 0.625. The van der Waals surface area contributed by atoms with E-state index in [-0.39, 0.29) is 5.95 Å². The Morgan fingerprint density at radius 2 is 2.24 bits per heavy atom. The van der Waals surface area contributed by atoms with Crippen molar-refractivity contribution in [2.75, 3.05) is 5.73 Å². The Morgan fingerprint density at radius 1 is 1.53 bits per heavy atom. The van der Waals surface area contributed by atoms with Crippen LogP contribution >= 0.6 is 0 Å². The first kappa shape index (κ1) is 12.2. The molecule has 1 aromatic heterocycles. The first-order valence-electron chi connectivity index (χ1n) is 5.06. The third-order valence-corrected chi connectivity index (χ3v) is 3.21. The van der Waals surface area contributed by atoms with Crippen LogP contribution in [0.2, 0.25) is 6.04 Å². The van der Waals surface area contributed by atoms with Gasteiger partial charge in [-0.3, -0.25) is 4.57 Å². The molecule has 0 aliphatic carbocycles. The van der Waals surface area contributed by atoms with Crippen molar-refractivity contribution in [2.45, 2.75) is 30.6 Å². The quantitative estimate of drug-likeness (QED) is 0.479. The molecule has 0 bridgehead atoms. The van der Waals surface area contributed by atoms with Gasteiger partial charge in [0.1, 0.15) is 18.5 Å². The van der Waals surface area contributed by atoms with E-state index in [1.807, 2.05) is 0 Å². The second kappa shape index (κ2) is 4.53. The van der Waals surface area contributed by atoms with Crippen LogP contribution in [0.4, 0.5) is 5.95 Å². The highest BCUT2D eigenvalue weighted by atomic mass is 28.1. The zero-order valence-electron chi connectivity index (χ0n) is 8.93. The topological polar surface area (TPSA) is 123 Å². The third-order valence-electron chi connectivity index (χ3n) is 2.64. The average Bonchev–Trinajstić information content (AvgIpc) is 2.57. The number of rotatable bonds is 2. The molecule has 4 atom stereocenters. The Labute approximate surface area is 99.5 Å². The predicted octanol–water partition coefficient (Wildman–Crippen LogP) is -3.11. The minimum atomic E-state index is -1.19. The van der Waals surface area contributed by atoms with Gasteiger partial charge in [-0.15, -0.1) is 0 Å². The van der Waals surface area contributed by atoms with Crippen LogP contribution in [-0.2, 0) is 4.74 Å². The lowest BCUT2D eigenvalue weighted by Crippen LogP contribution is -2.36. The number of nitrogens with two attached hydrogens (primary N) is 1. The summed E-state index contributed by atoms with van der Waals surface area (Å²) in [5, 5.41) is 19.5. The molecular formula is C8H13N4O4Si. The van der Waals surface area contributed by atoms with E-state index in [9.17, 15) is 15.0 Å². The number of ether oxygens (including phenoxy) is 1. The smallest absolute Gasteiger partial charge is 0.354 e. The number of aliphatic hydroxyl groups excluding tert-OH is 2. The SMILES string of the molecule is Nc1ncn([C@@H]2O[C@H](C[SiH2])[C@@H](O)[C@H]2O)c(=O)n1. The molecule has 2 heterocycles. The molecule has 1 fully saturated rings. The lowest BCUT2D eigenvalue weighted by atomic mass is 10.1. The highest BCUT2D eigenvalue weighted by molar-refractivity contribution is 6.08. The predicted molar refractivity (Wildman–Crippen MR) is 60.0 cm³/mol. The summed E-state index contributed by atoms with van der Waals surface area (Å²) >= 11 is 0. The monoisotopic (exact) mass is 257 g/mol. The van der Waals surface area contributed by atoms with Crippen LogP contribution < -0.4 is 11.4 Å². The first-order chi connectivity index (χ1) is 8.04. The molecule has 93 valence electrons. The van der Waals surface area contributed by atoms with E-state index in [0.717, 1.165) is 10.9 Å². The largest absolute Gasteiger partial charge is 0.388 e. The van der Waals surface area contributed by atoms with Crippen molar-refractivity contribution in [2.24, 2.45) is 0 Å². The summed E-state index contributed by atoms with van der Waals surface area (Å²) in [4.78, 5) is 18.6. The second-order valence-corrected chi connectivity index (χ2v) is 4.32. The molecule has 0 spiro atoms. The highest BCUT2D eigenvalue weighted by Gasteiger charge is 2.43. The maximum atomic E-state index is 11.5. The summed E-state index contributed by atoms with van der Waals surface area (Å²) in [6.07, 6.45) is -2.55. The maximum absolute atomic E-state index is 11.5. The molecule has 1 aromatic rings. The van der Waals surface area contributed by atoms with E-state index in [1.165, 1.54) is 0 Å². The molecule has 0 unspecified atom stereocenters. The van der Waals surface area contributed by atoms with Crippen molar-refractivity contribution in [3.05, 3.63) is 16.8 Å². The Morgan fingerprint density at radius 3 is 2.76 bits per heavy atom. The summed E-state index contributed by atoms with van der Waals surface area (Å²) in [5.74, 6) is -0.146. The van der Waals surface area contributed by atoms with Gasteiger partial charge >= 0.3 is 5.69 Å². The molecule has 0 amide bonds. The fourth-order valence-electron chi connectivity index (χ4n) is 1.73. The zero-order valence-corrected chi connectivity index (χ0v) is 10.3. The third kappa shape index (κ3) is 2.09. The minimum Gasteiger partial charge on any atom is -0.388 e. The van der Waals surface area contributed by atoms with Gasteiger partial charge in [0.2, 0.25) is 5.95 Å². The van der Waals surface area contributed by atoms with Gasteiger partial charge < -0.3 is 20.7 Å². The fourth-order valence-corrected chi connectivity index (χ4v) is 2.21. The van der Waals surface area contributed by atoms with Gasteiger partial charge in [0.25, 0.3) is 0 Å². The molecule has 17 heavy (non-hydrogen) atoms. The first-order valence-corrected chi connectivity index (χ1v) is 6.06. The minimum absolute atomic E-state index is 0.146. The zero-order chi connectivity index (χ0) is 12.6. The number of hydrogen-bond acceptors (Lipinski definition) is 7. The van der Waals surface area contributed by atoms with Gasteiger partial charge in [0, 0.05) is 10.2 Å². The number of aliphatic hydroxyl groups is 2. The summed E-state index contributed by atoms with van der Waals surface area (Å²) < 4.78 is 6.41. The van der Waals surface area contributed by atoms with E-state index in [0.29, 0.717) is 6.04 Å². The molecular weight excluding hydrogens is 244 g/mol. The lowest BCUT2D eigenvalue weighted by Gasteiger charge is -2.16. The lowest BCUT2D eigenvalue weighted by molar-refractivity contribution is -0.0354. The number of anilines is 1. The van der Waals surface area contributed by atoms with Gasteiger partial charge in [-0.25, -0.2) is 9.78 Å². The number of hydrogen-bond donors (Lipinski definition) is 3. The van der Waals surface area contributed by atoms with Crippen molar-refractivity contribution >= 4 is 16.2 Å². The van der Waals surface area contributed by atoms with Crippen molar-refractivity contribution in [3.8, 4) is 0 Å². The van der Waals surface area contributed by atoms with Crippen LogP contribution in [0.25, 0.3) is 0 Å². The highest BCUT2D eigenvalue weighted by Crippen LogP contribution is 2.29.